The third-order valence-electron chi connectivity index (χ3n) is 4.57. The summed E-state index contributed by atoms with van der Waals surface area (Å²) in [5.74, 6) is 1.68. The van der Waals surface area contributed by atoms with Gasteiger partial charge in [0.15, 0.2) is 5.82 Å². The van der Waals surface area contributed by atoms with Crippen molar-refractivity contribution in [1.29, 1.82) is 0 Å². The van der Waals surface area contributed by atoms with Crippen molar-refractivity contribution in [2.45, 2.75) is 32.6 Å². The first-order chi connectivity index (χ1) is 12.9. The van der Waals surface area contributed by atoms with E-state index in [0.29, 0.717) is 6.42 Å². The summed E-state index contributed by atoms with van der Waals surface area (Å²) in [7, 11) is 1.67. The SMILES string of the molecule is COc1ccc(Cc2nnc3sc(-c4ccc(C(C)(C)C)cc4)nn23)cc1. The average molecular weight is 379 g/mol. The predicted octanol–water partition coefficient (Wildman–Crippen LogP) is 4.75. The molecule has 2 aromatic carbocycles. The van der Waals surface area contributed by atoms with Gasteiger partial charge in [0, 0.05) is 12.0 Å². The van der Waals surface area contributed by atoms with Crippen LogP contribution in [0.1, 0.15) is 37.7 Å². The van der Waals surface area contributed by atoms with Crippen LogP contribution < -0.4 is 4.74 Å². The highest BCUT2D eigenvalue weighted by Gasteiger charge is 2.16. The second kappa shape index (κ2) is 6.78. The number of hydrogen-bond donors (Lipinski definition) is 0. The lowest BCUT2D eigenvalue weighted by Crippen LogP contribution is -2.10. The van der Waals surface area contributed by atoms with Crippen LogP contribution in [0.4, 0.5) is 0 Å². The number of fused-ring (bicyclic) bond motifs is 1. The molecule has 2 aromatic heterocycles. The average Bonchev–Trinajstić information content (AvgIpc) is 3.24. The van der Waals surface area contributed by atoms with Gasteiger partial charge in [0.2, 0.25) is 4.96 Å². The van der Waals surface area contributed by atoms with E-state index in [1.165, 1.54) is 5.56 Å². The first-order valence-electron chi connectivity index (χ1n) is 8.89. The molecule has 2 heterocycles. The molecule has 0 aliphatic rings. The first kappa shape index (κ1) is 17.7. The van der Waals surface area contributed by atoms with E-state index < -0.39 is 0 Å². The van der Waals surface area contributed by atoms with Gasteiger partial charge in [-0.1, -0.05) is 68.5 Å². The molecule has 0 atom stereocenters. The summed E-state index contributed by atoms with van der Waals surface area (Å²) in [5, 5.41) is 14.3. The molecule has 6 heteroatoms. The van der Waals surface area contributed by atoms with Gasteiger partial charge in [-0.2, -0.15) is 9.61 Å². The van der Waals surface area contributed by atoms with Crippen molar-refractivity contribution in [3.05, 3.63) is 65.5 Å². The minimum atomic E-state index is 0.144. The lowest BCUT2D eigenvalue weighted by atomic mass is 9.87. The molecular formula is C21H22N4OS. The number of rotatable bonds is 4. The Kier molecular flexibility index (Phi) is 4.44. The summed E-state index contributed by atoms with van der Waals surface area (Å²) in [6.07, 6.45) is 0.678. The maximum atomic E-state index is 5.21. The van der Waals surface area contributed by atoms with Crippen LogP contribution in [0.5, 0.6) is 5.75 Å². The Morgan fingerprint density at radius 3 is 2.30 bits per heavy atom. The van der Waals surface area contributed by atoms with E-state index in [9.17, 15) is 0 Å². The first-order valence-corrected chi connectivity index (χ1v) is 9.70. The second-order valence-corrected chi connectivity index (χ2v) is 8.53. The minimum Gasteiger partial charge on any atom is -0.497 e. The lowest BCUT2D eigenvalue weighted by Gasteiger charge is -2.18. The second-order valence-electron chi connectivity index (χ2n) is 7.57. The molecule has 0 saturated heterocycles. The number of methoxy groups -OCH3 is 1. The van der Waals surface area contributed by atoms with Gasteiger partial charge in [-0.25, -0.2) is 0 Å². The molecule has 0 amide bonds. The molecule has 0 N–H and O–H groups in total. The van der Waals surface area contributed by atoms with Crippen LogP contribution in [0.25, 0.3) is 15.5 Å². The van der Waals surface area contributed by atoms with Gasteiger partial charge in [0.05, 0.1) is 7.11 Å². The van der Waals surface area contributed by atoms with Crippen molar-refractivity contribution >= 4 is 16.3 Å². The van der Waals surface area contributed by atoms with Crippen molar-refractivity contribution in [2.24, 2.45) is 0 Å². The van der Waals surface area contributed by atoms with Crippen molar-refractivity contribution in [1.82, 2.24) is 19.8 Å². The quantitative estimate of drug-likeness (QED) is 0.514. The molecule has 4 rings (SSSR count). The monoisotopic (exact) mass is 378 g/mol. The van der Waals surface area contributed by atoms with Crippen LogP contribution in [-0.2, 0) is 11.8 Å². The maximum absolute atomic E-state index is 5.21. The van der Waals surface area contributed by atoms with Gasteiger partial charge in [-0.05, 0) is 28.7 Å². The summed E-state index contributed by atoms with van der Waals surface area (Å²) in [6, 6.07) is 16.6. The number of benzene rings is 2. The maximum Gasteiger partial charge on any atom is 0.234 e. The fourth-order valence-electron chi connectivity index (χ4n) is 2.92. The Morgan fingerprint density at radius 1 is 0.963 bits per heavy atom. The molecule has 5 nitrogen and oxygen atoms in total. The van der Waals surface area contributed by atoms with E-state index in [1.54, 1.807) is 18.4 Å². The number of hydrogen-bond acceptors (Lipinski definition) is 5. The summed E-state index contributed by atoms with van der Waals surface area (Å²) in [4.78, 5) is 0.813. The topological polar surface area (TPSA) is 52.3 Å². The van der Waals surface area contributed by atoms with Crippen LogP contribution in [-0.4, -0.2) is 26.9 Å². The highest BCUT2D eigenvalue weighted by atomic mass is 32.1. The molecule has 0 spiro atoms. The third kappa shape index (κ3) is 3.57. The minimum absolute atomic E-state index is 0.144. The fraction of sp³-hybridized carbons (Fsp3) is 0.286. The molecule has 0 bridgehead atoms. The molecule has 0 fully saturated rings. The number of aromatic nitrogens is 4. The molecule has 0 aliphatic heterocycles. The Balaban J connectivity index is 1.61. The van der Waals surface area contributed by atoms with E-state index in [0.717, 1.165) is 32.7 Å². The van der Waals surface area contributed by atoms with Crippen LogP contribution in [0.15, 0.2) is 48.5 Å². The summed E-state index contributed by atoms with van der Waals surface area (Å²) < 4.78 is 7.06. The van der Waals surface area contributed by atoms with Gasteiger partial charge >= 0.3 is 0 Å². The molecule has 0 saturated carbocycles. The fourth-order valence-corrected chi connectivity index (χ4v) is 3.79. The molecule has 27 heavy (non-hydrogen) atoms. The van der Waals surface area contributed by atoms with Crippen molar-refractivity contribution in [3.8, 4) is 16.3 Å². The summed E-state index contributed by atoms with van der Waals surface area (Å²) in [5.41, 5.74) is 3.71. The Morgan fingerprint density at radius 2 is 1.67 bits per heavy atom. The van der Waals surface area contributed by atoms with Crippen LogP contribution >= 0.6 is 11.3 Å². The number of nitrogens with zero attached hydrogens (tertiary/aromatic N) is 4. The molecule has 0 unspecified atom stereocenters. The Labute approximate surface area is 162 Å². The van der Waals surface area contributed by atoms with E-state index in [4.69, 9.17) is 9.84 Å². The van der Waals surface area contributed by atoms with E-state index in [-0.39, 0.29) is 5.41 Å². The van der Waals surface area contributed by atoms with E-state index >= 15 is 0 Å². The van der Waals surface area contributed by atoms with Crippen molar-refractivity contribution < 1.29 is 4.74 Å². The van der Waals surface area contributed by atoms with Gasteiger partial charge in [0.1, 0.15) is 10.8 Å². The van der Waals surface area contributed by atoms with E-state index in [2.05, 4.69) is 55.2 Å². The molecule has 4 aromatic rings. The zero-order valence-electron chi connectivity index (χ0n) is 15.9. The van der Waals surface area contributed by atoms with Gasteiger partial charge in [-0.15, -0.1) is 10.2 Å². The predicted molar refractivity (Wildman–Crippen MR) is 109 cm³/mol. The molecule has 138 valence electrons. The van der Waals surface area contributed by atoms with Crippen LogP contribution in [0, 0.1) is 0 Å². The zero-order chi connectivity index (χ0) is 19.0. The van der Waals surface area contributed by atoms with Gasteiger partial charge in [0.25, 0.3) is 0 Å². The highest BCUT2D eigenvalue weighted by molar-refractivity contribution is 7.19. The van der Waals surface area contributed by atoms with E-state index in [1.807, 2.05) is 28.8 Å². The molecule has 0 radical (unpaired) electrons. The van der Waals surface area contributed by atoms with Crippen LogP contribution in [0.2, 0.25) is 0 Å². The molecular weight excluding hydrogens is 356 g/mol. The van der Waals surface area contributed by atoms with Crippen LogP contribution in [0.3, 0.4) is 0 Å². The normalized spacial score (nSPS) is 11.9. The Hall–Kier alpha value is -2.73. The third-order valence-corrected chi connectivity index (χ3v) is 5.52. The zero-order valence-corrected chi connectivity index (χ0v) is 16.7. The molecule has 0 aliphatic carbocycles. The lowest BCUT2D eigenvalue weighted by molar-refractivity contribution is 0.414. The highest BCUT2D eigenvalue weighted by Crippen LogP contribution is 2.29. The standard InChI is InChI=1S/C21H22N4OS/c1-21(2,3)16-9-7-15(8-10-16)19-24-25-18(22-23-20(25)27-19)13-14-5-11-17(26-4)12-6-14/h5-12H,13H2,1-4H3. The van der Waals surface area contributed by atoms with Crippen molar-refractivity contribution in [3.63, 3.8) is 0 Å². The van der Waals surface area contributed by atoms with Gasteiger partial charge in [-0.3, -0.25) is 0 Å². The smallest absolute Gasteiger partial charge is 0.234 e. The Bertz CT molecular complexity index is 1060. The number of ether oxygens (including phenoxy) is 1. The van der Waals surface area contributed by atoms with Crippen molar-refractivity contribution in [2.75, 3.05) is 7.11 Å². The summed E-state index contributed by atoms with van der Waals surface area (Å²) in [6.45, 7) is 6.66. The summed E-state index contributed by atoms with van der Waals surface area (Å²) >= 11 is 1.56. The van der Waals surface area contributed by atoms with Gasteiger partial charge < -0.3 is 4.74 Å². The largest absolute Gasteiger partial charge is 0.497 e.